The van der Waals surface area contributed by atoms with E-state index in [0.29, 0.717) is 28.1 Å². The highest BCUT2D eigenvalue weighted by Gasteiger charge is 2.45. The molecule has 0 aromatic heterocycles. The molecule has 3 aromatic carbocycles. The van der Waals surface area contributed by atoms with Gasteiger partial charge in [0.15, 0.2) is 11.6 Å². The number of nitrogens with one attached hydrogen (secondary N) is 1. The number of para-hydroxylation sites is 1. The molecule has 3 aliphatic rings. The molecule has 0 bridgehead atoms. The Bertz CT molecular complexity index is 1420. The molecule has 154 valence electrons. The van der Waals surface area contributed by atoms with Crippen LogP contribution in [0.1, 0.15) is 26.3 Å². The number of anilines is 1. The van der Waals surface area contributed by atoms with E-state index in [4.69, 9.17) is 4.99 Å². The molecular formula is C27H18N2O2S. The molecule has 1 unspecified atom stereocenters. The number of hydrogen-bond donors (Lipinski definition) is 1. The SMILES string of the molecule is Cc1ccc2c(c1)SC1=CC(Nc3ccccc3)=C3C(=O)c4ccccc4C(=O)C3C1=N2. The minimum atomic E-state index is -0.717. The van der Waals surface area contributed by atoms with Crippen LogP contribution in [0.2, 0.25) is 0 Å². The van der Waals surface area contributed by atoms with E-state index in [1.54, 1.807) is 36.0 Å². The van der Waals surface area contributed by atoms with E-state index >= 15 is 0 Å². The van der Waals surface area contributed by atoms with E-state index in [9.17, 15) is 9.59 Å². The van der Waals surface area contributed by atoms with Gasteiger partial charge in [0.05, 0.1) is 17.3 Å². The number of rotatable bonds is 2. The van der Waals surface area contributed by atoms with Gasteiger partial charge in [0.1, 0.15) is 0 Å². The zero-order chi connectivity index (χ0) is 21.8. The predicted molar refractivity (Wildman–Crippen MR) is 128 cm³/mol. The Labute approximate surface area is 189 Å². The van der Waals surface area contributed by atoms with E-state index in [0.717, 1.165) is 26.7 Å². The Hall–Kier alpha value is -3.70. The van der Waals surface area contributed by atoms with Crippen LogP contribution < -0.4 is 5.32 Å². The van der Waals surface area contributed by atoms with Crippen LogP contribution in [0.4, 0.5) is 11.4 Å². The molecule has 4 nitrogen and oxygen atoms in total. The highest BCUT2D eigenvalue weighted by atomic mass is 32.2. The minimum Gasteiger partial charge on any atom is -0.355 e. The Balaban J connectivity index is 1.58. The van der Waals surface area contributed by atoms with Crippen LogP contribution >= 0.6 is 11.8 Å². The lowest BCUT2D eigenvalue weighted by molar-refractivity contribution is 0.0910. The summed E-state index contributed by atoms with van der Waals surface area (Å²) in [4.78, 5) is 34.1. The van der Waals surface area contributed by atoms with Gasteiger partial charge in [-0.1, -0.05) is 60.3 Å². The van der Waals surface area contributed by atoms with Crippen LogP contribution in [0.5, 0.6) is 0 Å². The van der Waals surface area contributed by atoms with Crippen LogP contribution in [0.3, 0.4) is 0 Å². The number of carbonyl (C=O) groups excluding carboxylic acids is 2. The second-order valence-corrected chi connectivity index (χ2v) is 9.15. The molecule has 6 rings (SSSR count). The molecule has 1 heterocycles. The summed E-state index contributed by atoms with van der Waals surface area (Å²) in [7, 11) is 0. The number of Topliss-reactive ketones (excluding diaryl/α,β-unsaturated/α-hetero) is 2. The number of fused-ring (bicyclic) bond motifs is 5. The third-order valence-corrected chi connectivity index (χ3v) is 7.05. The summed E-state index contributed by atoms with van der Waals surface area (Å²) in [6, 6.07) is 22.9. The number of aliphatic imine (C=N–C) groups is 1. The van der Waals surface area contributed by atoms with Gasteiger partial charge in [-0.25, -0.2) is 4.99 Å². The third-order valence-electron chi connectivity index (χ3n) is 5.95. The molecule has 32 heavy (non-hydrogen) atoms. The predicted octanol–water partition coefficient (Wildman–Crippen LogP) is 6.13. The van der Waals surface area contributed by atoms with Gasteiger partial charge in [0.2, 0.25) is 0 Å². The number of nitrogens with zero attached hydrogens (tertiary/aromatic N) is 1. The fraction of sp³-hybridized carbons (Fsp3) is 0.0741. The lowest BCUT2D eigenvalue weighted by Gasteiger charge is -2.34. The summed E-state index contributed by atoms with van der Waals surface area (Å²) >= 11 is 1.60. The first-order valence-electron chi connectivity index (χ1n) is 10.4. The summed E-state index contributed by atoms with van der Waals surface area (Å²) in [5.74, 6) is -0.921. The quantitative estimate of drug-likeness (QED) is 0.527. The zero-order valence-corrected chi connectivity index (χ0v) is 18.1. The highest BCUT2D eigenvalue weighted by molar-refractivity contribution is 8.04. The number of ketones is 2. The van der Waals surface area contributed by atoms with Crippen molar-refractivity contribution in [3.63, 3.8) is 0 Å². The minimum absolute atomic E-state index is 0.0805. The maximum atomic E-state index is 13.7. The molecule has 1 atom stereocenters. The molecule has 0 fully saturated rings. The molecule has 0 saturated carbocycles. The van der Waals surface area contributed by atoms with E-state index in [1.807, 2.05) is 48.5 Å². The Morgan fingerprint density at radius 3 is 2.47 bits per heavy atom. The second kappa shape index (κ2) is 7.18. The molecule has 1 aliphatic heterocycles. The van der Waals surface area contributed by atoms with E-state index in [-0.39, 0.29) is 11.6 Å². The first-order valence-corrected chi connectivity index (χ1v) is 11.2. The van der Waals surface area contributed by atoms with Gasteiger partial charge < -0.3 is 5.32 Å². The van der Waals surface area contributed by atoms with Gasteiger partial charge >= 0.3 is 0 Å². The highest BCUT2D eigenvalue weighted by Crippen LogP contribution is 2.48. The fourth-order valence-electron chi connectivity index (χ4n) is 4.45. The Morgan fingerprint density at radius 2 is 1.66 bits per heavy atom. The number of aryl methyl sites for hydroxylation is 1. The molecule has 2 aliphatic carbocycles. The van der Waals surface area contributed by atoms with Crippen molar-refractivity contribution in [2.24, 2.45) is 10.9 Å². The van der Waals surface area contributed by atoms with E-state index < -0.39 is 5.92 Å². The van der Waals surface area contributed by atoms with Crippen molar-refractivity contribution in [3.8, 4) is 0 Å². The lowest BCUT2D eigenvalue weighted by Crippen LogP contribution is -2.39. The Kier molecular flexibility index (Phi) is 4.26. The van der Waals surface area contributed by atoms with Crippen LogP contribution in [0.25, 0.3) is 0 Å². The van der Waals surface area contributed by atoms with Crippen molar-refractivity contribution >= 4 is 40.4 Å². The van der Waals surface area contributed by atoms with Gasteiger partial charge in [0, 0.05) is 37.9 Å². The van der Waals surface area contributed by atoms with E-state index in [1.165, 1.54) is 0 Å². The number of allylic oxidation sites excluding steroid dienone is 3. The largest absolute Gasteiger partial charge is 0.355 e. The number of benzene rings is 3. The van der Waals surface area contributed by atoms with Crippen molar-refractivity contribution in [3.05, 3.63) is 112 Å². The summed E-state index contributed by atoms with van der Waals surface area (Å²) in [5.41, 5.74) is 5.56. The maximum absolute atomic E-state index is 13.7. The molecule has 0 radical (unpaired) electrons. The summed E-state index contributed by atoms with van der Waals surface area (Å²) in [5, 5.41) is 3.39. The van der Waals surface area contributed by atoms with Crippen molar-refractivity contribution in [1.29, 1.82) is 0 Å². The van der Waals surface area contributed by atoms with Crippen molar-refractivity contribution in [2.75, 3.05) is 5.32 Å². The maximum Gasteiger partial charge on any atom is 0.192 e. The molecule has 0 spiro atoms. The molecule has 0 saturated heterocycles. The average molecular weight is 435 g/mol. The second-order valence-electron chi connectivity index (χ2n) is 8.07. The van der Waals surface area contributed by atoms with Gasteiger partial charge in [-0.2, -0.15) is 0 Å². The smallest absolute Gasteiger partial charge is 0.192 e. The van der Waals surface area contributed by atoms with E-state index in [2.05, 4.69) is 18.3 Å². The molecule has 0 amide bonds. The molecule has 5 heteroatoms. The fourth-order valence-corrected chi connectivity index (χ4v) is 5.59. The van der Waals surface area contributed by atoms with Gasteiger partial charge in [0.25, 0.3) is 0 Å². The summed E-state index contributed by atoms with van der Waals surface area (Å²) in [6.07, 6.45) is 1.96. The normalized spacial score (nSPS) is 18.7. The standard InChI is InChI=1S/C27H18N2O2S/c1-15-11-12-19-21(13-15)32-22-14-20(28-16-7-3-2-4-8-16)23-24(25(22)29-19)27(31)18-10-6-5-9-17(18)26(23)30/h2-14,24,28H,1H3. The number of thioether (sulfide) groups is 1. The van der Waals surface area contributed by atoms with Crippen LogP contribution in [-0.2, 0) is 0 Å². The summed E-state index contributed by atoms with van der Waals surface area (Å²) < 4.78 is 0. The Morgan fingerprint density at radius 1 is 0.906 bits per heavy atom. The molecule has 1 N–H and O–H groups in total. The third kappa shape index (κ3) is 2.89. The summed E-state index contributed by atoms with van der Waals surface area (Å²) in [6.45, 7) is 2.05. The average Bonchev–Trinajstić information content (AvgIpc) is 2.81. The number of carbonyl (C=O) groups is 2. The zero-order valence-electron chi connectivity index (χ0n) is 17.3. The monoisotopic (exact) mass is 434 g/mol. The van der Waals surface area contributed by atoms with Crippen LogP contribution in [0.15, 0.2) is 105 Å². The number of hydrogen-bond acceptors (Lipinski definition) is 5. The molecule has 3 aromatic rings. The van der Waals surface area contributed by atoms with Gasteiger partial charge in [-0.05, 0) is 42.8 Å². The van der Waals surface area contributed by atoms with Gasteiger partial charge in [-0.15, -0.1) is 0 Å². The van der Waals surface area contributed by atoms with Crippen molar-refractivity contribution in [2.45, 2.75) is 11.8 Å². The molecular weight excluding hydrogens is 416 g/mol. The van der Waals surface area contributed by atoms with Crippen LogP contribution in [-0.4, -0.2) is 17.3 Å². The topological polar surface area (TPSA) is 58.5 Å². The van der Waals surface area contributed by atoms with Crippen LogP contribution in [0, 0.1) is 12.8 Å². The van der Waals surface area contributed by atoms with Crippen molar-refractivity contribution < 1.29 is 9.59 Å². The van der Waals surface area contributed by atoms with Crippen molar-refractivity contribution in [1.82, 2.24) is 0 Å². The first-order chi connectivity index (χ1) is 15.6. The van der Waals surface area contributed by atoms with Gasteiger partial charge in [-0.3, -0.25) is 9.59 Å². The first kappa shape index (κ1) is 19.0. The lowest BCUT2D eigenvalue weighted by atomic mass is 9.72.